The van der Waals surface area contributed by atoms with Crippen LogP contribution in [0.5, 0.6) is 0 Å². The Labute approximate surface area is 189 Å². The summed E-state index contributed by atoms with van der Waals surface area (Å²) in [6, 6.07) is 8.43. The topological polar surface area (TPSA) is 109 Å². The van der Waals surface area contributed by atoms with Crippen molar-refractivity contribution in [2.75, 3.05) is 7.05 Å². The molecular weight excluding hydrogens is 427 g/mol. The average Bonchev–Trinajstić information content (AvgIpc) is 3.12. The minimum Gasteiger partial charge on any atom is -0.316 e. The van der Waals surface area contributed by atoms with Gasteiger partial charge in [0.05, 0.1) is 31.5 Å². The predicted molar refractivity (Wildman–Crippen MR) is 114 cm³/mol. The lowest BCUT2D eigenvalue weighted by Gasteiger charge is -2.29. The zero-order chi connectivity index (χ0) is 23.5. The van der Waals surface area contributed by atoms with Gasteiger partial charge < -0.3 is 9.59 Å². The van der Waals surface area contributed by atoms with Gasteiger partial charge in [-0.2, -0.15) is 0 Å². The highest BCUT2D eigenvalue weighted by Gasteiger charge is 2.42. The Hall–Kier alpha value is -3.41. The van der Waals surface area contributed by atoms with E-state index in [1.165, 1.54) is 43.4 Å². The molecule has 0 bridgehead atoms. The largest absolute Gasteiger partial charge is 0.437 e. The van der Waals surface area contributed by atoms with Crippen molar-refractivity contribution >= 4 is 48.1 Å². The quantitative estimate of drug-likeness (QED) is 0.526. The van der Waals surface area contributed by atoms with Gasteiger partial charge in [0.25, 0.3) is 23.6 Å². The fourth-order valence-electron chi connectivity index (χ4n) is 3.80. The molecule has 8 nitrogen and oxygen atoms in total. The Morgan fingerprint density at radius 3 is 1.59 bits per heavy atom. The number of hydrogen-bond acceptors (Lipinski definition) is 6. The van der Waals surface area contributed by atoms with Crippen LogP contribution in [0, 0.1) is 0 Å². The molecule has 0 saturated heterocycles. The fourth-order valence-corrected chi connectivity index (χ4v) is 4.73. The van der Waals surface area contributed by atoms with Gasteiger partial charge in [0.1, 0.15) is 0 Å². The second-order valence-corrected chi connectivity index (χ2v) is 10.0. The number of benzene rings is 2. The van der Waals surface area contributed by atoms with Gasteiger partial charge in [-0.3, -0.25) is 29.0 Å². The lowest BCUT2D eigenvalue weighted by molar-refractivity contribution is 0.0506. The van der Waals surface area contributed by atoms with Gasteiger partial charge in [-0.25, -0.2) is 0 Å². The highest BCUT2D eigenvalue weighted by molar-refractivity contribution is 7.01. The van der Waals surface area contributed by atoms with Gasteiger partial charge in [-0.15, -0.1) is 0 Å². The third-order valence-corrected chi connectivity index (χ3v) is 6.67. The molecule has 4 rings (SSSR count). The number of hydrogen-bond donors (Lipinski definition) is 0. The molecular formula is C23H18AlN2O6. The molecule has 32 heavy (non-hydrogen) atoms. The summed E-state index contributed by atoms with van der Waals surface area (Å²) in [5, 5.41) is 0. The van der Waals surface area contributed by atoms with Crippen molar-refractivity contribution in [3.05, 3.63) is 69.8 Å². The van der Waals surface area contributed by atoms with Gasteiger partial charge >= 0.3 is 15.2 Å². The van der Waals surface area contributed by atoms with Gasteiger partial charge in [-0.1, -0.05) is 12.1 Å². The maximum atomic E-state index is 12.8. The van der Waals surface area contributed by atoms with Crippen LogP contribution in [-0.4, -0.2) is 70.5 Å². The van der Waals surface area contributed by atoms with Gasteiger partial charge in [0, 0.05) is 12.6 Å². The van der Waals surface area contributed by atoms with Crippen molar-refractivity contribution in [2.45, 2.75) is 26.3 Å². The molecule has 2 aromatic carbocycles. The first-order chi connectivity index (χ1) is 14.9. The van der Waals surface area contributed by atoms with Crippen molar-refractivity contribution in [2.24, 2.45) is 0 Å². The summed E-state index contributed by atoms with van der Waals surface area (Å²) >= 11 is -1.38. The molecule has 159 valence electrons. The van der Waals surface area contributed by atoms with E-state index in [4.69, 9.17) is 0 Å². The molecule has 0 saturated carbocycles. The van der Waals surface area contributed by atoms with Crippen LogP contribution in [-0.2, 0) is 0 Å². The molecule has 0 aromatic heterocycles. The van der Waals surface area contributed by atoms with Crippen LogP contribution < -0.4 is 0 Å². The lowest BCUT2D eigenvalue weighted by Crippen LogP contribution is -2.45. The molecule has 0 fully saturated rings. The maximum Gasteiger partial charge on any atom is 0.437 e. The zero-order valence-electron chi connectivity index (χ0n) is 17.9. The predicted octanol–water partition coefficient (Wildman–Crippen LogP) is 1.99. The number of carbonyl (C=O) groups is 6. The minimum absolute atomic E-state index is 0.138. The summed E-state index contributed by atoms with van der Waals surface area (Å²) in [5.41, 5.74) is 0.380. The van der Waals surface area contributed by atoms with Crippen LogP contribution in [0.25, 0.3) is 0 Å². The number of carbonyl (C=O) groups excluding carboxylic acids is 6. The van der Waals surface area contributed by atoms with Crippen LogP contribution >= 0.6 is 0 Å². The second kappa shape index (κ2) is 7.33. The van der Waals surface area contributed by atoms with E-state index in [9.17, 15) is 28.8 Å². The van der Waals surface area contributed by atoms with Gasteiger partial charge in [0.2, 0.25) is 0 Å². The van der Waals surface area contributed by atoms with E-state index in [1.54, 1.807) is 20.8 Å². The van der Waals surface area contributed by atoms with Crippen molar-refractivity contribution in [3.8, 4) is 0 Å². The van der Waals surface area contributed by atoms with Gasteiger partial charge in [-0.05, 0) is 56.2 Å². The highest BCUT2D eigenvalue weighted by atomic mass is 27.1. The molecule has 1 radical (unpaired) electrons. The summed E-state index contributed by atoms with van der Waals surface area (Å²) in [7, 11) is 1.36. The van der Waals surface area contributed by atoms with E-state index < -0.39 is 53.7 Å². The maximum absolute atomic E-state index is 12.8. The third kappa shape index (κ3) is 3.31. The molecule has 0 unspecified atom stereocenters. The Morgan fingerprint density at radius 1 is 0.688 bits per heavy atom. The smallest absolute Gasteiger partial charge is 0.316 e. The summed E-state index contributed by atoms with van der Waals surface area (Å²) in [6.45, 7) is 5.24. The molecule has 2 aliphatic heterocycles. The zero-order valence-corrected chi connectivity index (χ0v) is 19.0. The van der Waals surface area contributed by atoms with Crippen molar-refractivity contribution in [1.29, 1.82) is 0 Å². The molecule has 0 aliphatic carbocycles. The summed E-state index contributed by atoms with van der Waals surface area (Å²) in [5.74, 6) is -1.82. The Kier molecular flexibility index (Phi) is 5.00. The van der Waals surface area contributed by atoms with Crippen LogP contribution in [0.3, 0.4) is 0 Å². The number of nitrogens with zero attached hydrogens (tertiary/aromatic N) is 2. The number of rotatable bonds is 4. The van der Waals surface area contributed by atoms with Crippen LogP contribution in [0.15, 0.2) is 36.4 Å². The second-order valence-electron chi connectivity index (χ2n) is 8.68. The van der Waals surface area contributed by atoms with E-state index in [-0.39, 0.29) is 33.4 Å². The van der Waals surface area contributed by atoms with Crippen molar-refractivity contribution in [3.63, 3.8) is 0 Å². The molecule has 4 amide bonds. The first-order valence-corrected chi connectivity index (χ1v) is 11.0. The molecule has 2 aliphatic rings. The molecule has 2 aromatic rings. The Morgan fingerprint density at radius 2 is 1.09 bits per heavy atom. The molecule has 9 heteroatoms. The first-order valence-electron chi connectivity index (χ1n) is 9.84. The van der Waals surface area contributed by atoms with Crippen molar-refractivity contribution in [1.82, 2.24) is 9.80 Å². The van der Waals surface area contributed by atoms with Crippen molar-refractivity contribution < 1.29 is 28.8 Å². The fraction of sp³-hybridized carbons (Fsp3) is 0.217. The number of amides is 4. The standard InChI is InChI=1S/C13H12NO3.C10H6NO3.Al/c1-13(2,3)14-11(16)9-5-4-8(7-15)6-10(9)12(14)17;1-11-9(13)7-3-2-6(5-12)4-8(7)10(11)14;/h4-6H,1-3H3;2-4H,1H3;. The summed E-state index contributed by atoms with van der Waals surface area (Å²) in [6.07, 6.45) is 0. The first kappa shape index (κ1) is 21.8. The summed E-state index contributed by atoms with van der Waals surface area (Å²) in [4.78, 5) is 77.1. The molecule has 0 N–H and O–H groups in total. The summed E-state index contributed by atoms with van der Waals surface area (Å²) < 4.78 is -0.876. The monoisotopic (exact) mass is 445 g/mol. The molecule has 0 atom stereocenters. The van der Waals surface area contributed by atoms with E-state index in [0.717, 1.165) is 9.80 Å². The molecule has 2 heterocycles. The SMILES string of the molecule is CN1C(=O)c2ccc([C](=O)[Al][C](=O)c3ccc4c(c3)C(=O)N(C(C)(C)C)C4=O)cc2C1=O. The normalized spacial score (nSPS) is 15.2. The van der Waals surface area contributed by atoms with Crippen LogP contribution in [0.4, 0.5) is 0 Å². The Balaban J connectivity index is 1.57. The highest BCUT2D eigenvalue weighted by Crippen LogP contribution is 2.30. The van der Waals surface area contributed by atoms with E-state index >= 15 is 0 Å². The number of imide groups is 2. The van der Waals surface area contributed by atoms with E-state index in [0.29, 0.717) is 0 Å². The molecule has 0 spiro atoms. The minimum atomic E-state index is -1.38. The van der Waals surface area contributed by atoms with E-state index in [1.807, 2.05) is 0 Å². The Bertz CT molecular complexity index is 1270. The van der Waals surface area contributed by atoms with Crippen LogP contribution in [0.1, 0.15) is 82.9 Å². The van der Waals surface area contributed by atoms with E-state index in [2.05, 4.69) is 0 Å². The van der Waals surface area contributed by atoms with Gasteiger partial charge in [0.15, 0.2) is 0 Å². The number of fused-ring (bicyclic) bond motifs is 2. The van der Waals surface area contributed by atoms with Crippen LogP contribution in [0.2, 0.25) is 0 Å². The average molecular weight is 445 g/mol. The lowest BCUT2D eigenvalue weighted by atomic mass is 10.1. The third-order valence-electron chi connectivity index (χ3n) is 5.48.